The molecule has 5 heteroatoms. The summed E-state index contributed by atoms with van der Waals surface area (Å²) in [6.45, 7) is 10.4. The zero-order valence-electron chi connectivity index (χ0n) is 15.1. The molecule has 25 heavy (non-hydrogen) atoms. The standard InChI is InChI=1S/C20H24BrClN2O/c1-5-7-24(6-2)13-23-19-8-15(4)20(9-14(19)3)25-18-11-16(21)10-17(22)12-18/h8-13H,5-7H2,1-4H3. The van der Waals surface area contributed by atoms with Gasteiger partial charge in [-0.1, -0.05) is 34.5 Å². The minimum atomic E-state index is 0.635. The number of hydrogen-bond acceptors (Lipinski definition) is 2. The van der Waals surface area contributed by atoms with Crippen LogP contribution in [0.4, 0.5) is 5.69 Å². The van der Waals surface area contributed by atoms with Crippen LogP contribution < -0.4 is 4.74 Å². The Balaban J connectivity index is 2.23. The molecule has 2 rings (SSSR count). The van der Waals surface area contributed by atoms with E-state index < -0.39 is 0 Å². The van der Waals surface area contributed by atoms with Gasteiger partial charge >= 0.3 is 0 Å². The molecule has 0 spiro atoms. The molecular weight excluding hydrogens is 400 g/mol. The van der Waals surface area contributed by atoms with E-state index in [0.29, 0.717) is 10.8 Å². The summed E-state index contributed by atoms with van der Waals surface area (Å²) in [5, 5.41) is 0.635. The summed E-state index contributed by atoms with van der Waals surface area (Å²) in [6.07, 6.45) is 3.04. The molecule has 3 nitrogen and oxygen atoms in total. The van der Waals surface area contributed by atoms with Gasteiger partial charge in [0.1, 0.15) is 11.5 Å². The first kappa shape index (κ1) is 19.8. The normalized spacial score (nSPS) is 11.1. The monoisotopic (exact) mass is 422 g/mol. The molecule has 0 aliphatic rings. The largest absolute Gasteiger partial charge is 0.457 e. The Morgan fingerprint density at radius 2 is 1.88 bits per heavy atom. The summed E-state index contributed by atoms with van der Waals surface area (Å²) >= 11 is 9.53. The van der Waals surface area contributed by atoms with Crippen LogP contribution in [-0.2, 0) is 0 Å². The summed E-state index contributed by atoms with van der Waals surface area (Å²) in [4.78, 5) is 6.86. The van der Waals surface area contributed by atoms with Crippen LogP contribution in [0.25, 0.3) is 0 Å². The van der Waals surface area contributed by atoms with Crippen molar-refractivity contribution >= 4 is 39.6 Å². The lowest BCUT2D eigenvalue weighted by molar-refractivity contribution is 0.452. The van der Waals surface area contributed by atoms with Gasteiger partial charge < -0.3 is 9.64 Å². The second-order valence-corrected chi connectivity index (χ2v) is 7.34. The van der Waals surface area contributed by atoms with Gasteiger partial charge in [-0.05, 0) is 68.7 Å². The molecule has 0 radical (unpaired) electrons. The maximum atomic E-state index is 6.09. The first-order valence-corrected chi connectivity index (χ1v) is 9.63. The predicted octanol–water partition coefficient (Wildman–Crippen LogP) is 6.90. The lowest BCUT2D eigenvalue weighted by atomic mass is 10.1. The Hall–Kier alpha value is -1.52. The molecule has 0 bridgehead atoms. The van der Waals surface area contributed by atoms with E-state index in [4.69, 9.17) is 16.3 Å². The fourth-order valence-electron chi connectivity index (χ4n) is 2.47. The Morgan fingerprint density at radius 3 is 2.52 bits per heavy atom. The first-order valence-electron chi connectivity index (χ1n) is 8.46. The van der Waals surface area contributed by atoms with Crippen molar-refractivity contribution in [2.75, 3.05) is 13.1 Å². The molecule has 0 heterocycles. The molecule has 2 aromatic rings. The van der Waals surface area contributed by atoms with Crippen molar-refractivity contribution in [1.29, 1.82) is 0 Å². The fourth-order valence-corrected chi connectivity index (χ4v) is 3.30. The van der Waals surface area contributed by atoms with Crippen LogP contribution >= 0.6 is 27.5 Å². The predicted molar refractivity (Wildman–Crippen MR) is 111 cm³/mol. The third-order valence-electron chi connectivity index (χ3n) is 3.83. The lowest BCUT2D eigenvalue weighted by Gasteiger charge is -2.16. The topological polar surface area (TPSA) is 24.8 Å². The Morgan fingerprint density at radius 1 is 1.12 bits per heavy atom. The molecule has 0 N–H and O–H groups in total. The molecule has 0 unspecified atom stereocenters. The van der Waals surface area contributed by atoms with E-state index >= 15 is 0 Å². The average Bonchev–Trinajstić information content (AvgIpc) is 2.54. The molecule has 0 aliphatic heterocycles. The number of halogens is 2. The van der Waals surface area contributed by atoms with Gasteiger partial charge in [0, 0.05) is 22.6 Å². The van der Waals surface area contributed by atoms with Gasteiger partial charge in [-0.2, -0.15) is 0 Å². The molecule has 0 fully saturated rings. The van der Waals surface area contributed by atoms with Crippen molar-refractivity contribution in [3.05, 3.63) is 51.0 Å². The molecule has 2 aromatic carbocycles. The zero-order valence-corrected chi connectivity index (χ0v) is 17.5. The van der Waals surface area contributed by atoms with Gasteiger partial charge in [0.05, 0.1) is 12.0 Å². The van der Waals surface area contributed by atoms with Gasteiger partial charge in [0.25, 0.3) is 0 Å². The van der Waals surface area contributed by atoms with Crippen LogP contribution in [0.1, 0.15) is 31.4 Å². The molecule has 0 amide bonds. The maximum absolute atomic E-state index is 6.09. The van der Waals surface area contributed by atoms with Crippen LogP contribution in [0, 0.1) is 13.8 Å². The van der Waals surface area contributed by atoms with Crippen molar-refractivity contribution in [1.82, 2.24) is 4.90 Å². The smallest absolute Gasteiger partial charge is 0.130 e. The van der Waals surface area contributed by atoms with Crippen LogP contribution in [0.3, 0.4) is 0 Å². The van der Waals surface area contributed by atoms with E-state index in [9.17, 15) is 0 Å². The summed E-state index contributed by atoms with van der Waals surface area (Å²) in [5.41, 5.74) is 3.07. The molecule has 0 atom stereocenters. The van der Waals surface area contributed by atoms with Crippen LogP contribution in [0.5, 0.6) is 11.5 Å². The molecule has 0 aromatic heterocycles. The Kier molecular flexibility index (Phi) is 7.33. The Bertz CT molecular complexity index is 741. The SMILES string of the molecule is CCCN(C=Nc1cc(C)c(Oc2cc(Cl)cc(Br)c2)cc1C)CC. The van der Waals surface area contributed by atoms with E-state index in [2.05, 4.69) is 45.7 Å². The first-order chi connectivity index (χ1) is 11.9. The van der Waals surface area contributed by atoms with Crippen molar-refractivity contribution in [2.24, 2.45) is 4.99 Å². The highest BCUT2D eigenvalue weighted by Gasteiger charge is 2.08. The van der Waals surface area contributed by atoms with Gasteiger partial charge in [0.2, 0.25) is 0 Å². The van der Waals surface area contributed by atoms with E-state index in [1.54, 1.807) is 6.07 Å². The van der Waals surface area contributed by atoms with Crippen LogP contribution in [-0.4, -0.2) is 24.3 Å². The summed E-state index contributed by atoms with van der Waals surface area (Å²) in [7, 11) is 0. The van der Waals surface area contributed by atoms with Crippen molar-refractivity contribution in [2.45, 2.75) is 34.1 Å². The second kappa shape index (κ2) is 9.25. The molecule has 0 aliphatic carbocycles. The second-order valence-electron chi connectivity index (χ2n) is 5.98. The van der Waals surface area contributed by atoms with Gasteiger partial charge in [-0.15, -0.1) is 0 Å². The van der Waals surface area contributed by atoms with E-state index in [-0.39, 0.29) is 0 Å². The van der Waals surface area contributed by atoms with Gasteiger partial charge in [0.15, 0.2) is 0 Å². The average molecular weight is 424 g/mol. The van der Waals surface area contributed by atoms with Crippen LogP contribution in [0.2, 0.25) is 5.02 Å². The number of rotatable bonds is 7. The third-order valence-corrected chi connectivity index (χ3v) is 4.51. The number of ether oxygens (including phenoxy) is 1. The van der Waals surface area contributed by atoms with Crippen molar-refractivity contribution in [3.8, 4) is 11.5 Å². The van der Waals surface area contributed by atoms with Gasteiger partial charge in [-0.3, -0.25) is 0 Å². The lowest BCUT2D eigenvalue weighted by Crippen LogP contribution is -2.21. The number of benzene rings is 2. The highest BCUT2D eigenvalue weighted by Crippen LogP contribution is 2.33. The quantitative estimate of drug-likeness (QED) is 0.357. The maximum Gasteiger partial charge on any atom is 0.130 e. The number of aliphatic imine (C=N–C) groups is 1. The molecule has 0 saturated carbocycles. The zero-order chi connectivity index (χ0) is 18.4. The summed E-state index contributed by atoms with van der Waals surface area (Å²) in [5.74, 6) is 1.52. The van der Waals surface area contributed by atoms with Crippen molar-refractivity contribution in [3.63, 3.8) is 0 Å². The Labute approximate surface area is 163 Å². The third kappa shape index (κ3) is 5.75. The van der Waals surface area contributed by atoms with Crippen molar-refractivity contribution < 1.29 is 4.74 Å². The molecule has 134 valence electrons. The van der Waals surface area contributed by atoms with E-state index in [1.165, 1.54) is 0 Å². The minimum Gasteiger partial charge on any atom is -0.457 e. The number of nitrogens with zero attached hydrogens (tertiary/aromatic N) is 2. The van der Waals surface area contributed by atoms with E-state index in [0.717, 1.165) is 46.5 Å². The van der Waals surface area contributed by atoms with Crippen LogP contribution in [0.15, 0.2) is 39.8 Å². The summed E-state index contributed by atoms with van der Waals surface area (Å²) < 4.78 is 6.91. The highest BCUT2D eigenvalue weighted by molar-refractivity contribution is 9.10. The minimum absolute atomic E-state index is 0.635. The number of aryl methyl sites for hydroxylation is 2. The van der Waals surface area contributed by atoms with Gasteiger partial charge in [-0.25, -0.2) is 4.99 Å². The highest BCUT2D eigenvalue weighted by atomic mass is 79.9. The van der Waals surface area contributed by atoms with E-state index in [1.807, 2.05) is 38.4 Å². The number of hydrogen-bond donors (Lipinski definition) is 0. The fraction of sp³-hybridized carbons (Fsp3) is 0.350. The molecular formula is C20H24BrClN2O. The molecule has 0 saturated heterocycles. The summed E-state index contributed by atoms with van der Waals surface area (Å²) in [6, 6.07) is 9.61.